The molecule has 5 aromatic rings. The van der Waals surface area contributed by atoms with Gasteiger partial charge in [-0.3, -0.25) is 9.69 Å². The third kappa shape index (κ3) is 7.21. The molecular formula is C42H51N5O. The molecule has 0 spiro atoms. The molecule has 6 nitrogen and oxygen atoms in total. The molecule has 48 heavy (non-hydrogen) atoms. The molecule has 250 valence electrons. The lowest BCUT2D eigenvalue weighted by atomic mass is 10.0. The molecule has 3 heterocycles. The second-order valence-electron chi connectivity index (χ2n) is 14.1. The lowest BCUT2D eigenvalue weighted by Crippen LogP contribution is -2.49. The van der Waals surface area contributed by atoms with Crippen LogP contribution in [0, 0.1) is 13.8 Å². The van der Waals surface area contributed by atoms with Crippen LogP contribution in [0.3, 0.4) is 0 Å². The Hall–Kier alpha value is -3.97. The van der Waals surface area contributed by atoms with Gasteiger partial charge in [-0.15, -0.1) is 0 Å². The predicted molar refractivity (Wildman–Crippen MR) is 199 cm³/mol. The lowest BCUT2D eigenvalue weighted by molar-refractivity contribution is 0.0638. The molecule has 0 bridgehead atoms. The molecular weight excluding hydrogens is 590 g/mol. The summed E-state index contributed by atoms with van der Waals surface area (Å²) in [5.74, 6) is 0.150. The smallest absolute Gasteiger partial charge is 0.253 e. The maximum absolute atomic E-state index is 13.4. The first-order valence-corrected chi connectivity index (χ1v) is 18.0. The Morgan fingerprint density at radius 2 is 1.35 bits per heavy atom. The summed E-state index contributed by atoms with van der Waals surface area (Å²) in [6.45, 7) is 15.9. The number of amides is 1. The van der Waals surface area contributed by atoms with Crippen molar-refractivity contribution in [3.05, 3.63) is 118 Å². The van der Waals surface area contributed by atoms with Crippen LogP contribution in [0.4, 0.5) is 0 Å². The molecule has 2 fully saturated rings. The van der Waals surface area contributed by atoms with Crippen LogP contribution in [0.15, 0.2) is 84.9 Å². The van der Waals surface area contributed by atoms with E-state index in [9.17, 15) is 4.79 Å². The van der Waals surface area contributed by atoms with Crippen LogP contribution in [0.2, 0.25) is 0 Å². The molecule has 0 unspecified atom stereocenters. The van der Waals surface area contributed by atoms with E-state index in [1.54, 1.807) is 0 Å². The number of aromatic nitrogens is 1. The number of hydrogen-bond donors (Lipinski definition) is 0. The first kappa shape index (κ1) is 32.6. The third-order valence-corrected chi connectivity index (χ3v) is 11.0. The number of carbonyl (C=O) groups excluding carboxylic acids is 1. The molecule has 2 aliphatic heterocycles. The number of likely N-dealkylation sites (N-methyl/N-ethyl adjacent to an activating group) is 1. The largest absolute Gasteiger partial charge is 0.345 e. The van der Waals surface area contributed by atoms with Crippen molar-refractivity contribution in [1.82, 2.24) is 24.2 Å². The molecule has 4 aromatic carbocycles. The molecule has 7 rings (SSSR count). The first-order valence-electron chi connectivity index (χ1n) is 18.0. The molecule has 0 atom stereocenters. The third-order valence-electron chi connectivity index (χ3n) is 11.0. The van der Waals surface area contributed by atoms with Crippen molar-refractivity contribution in [3.8, 4) is 0 Å². The second kappa shape index (κ2) is 14.7. The number of aryl methyl sites for hydroxylation is 2. The van der Waals surface area contributed by atoms with Gasteiger partial charge in [0, 0.05) is 87.6 Å². The van der Waals surface area contributed by atoms with Crippen molar-refractivity contribution in [2.75, 3.05) is 72.5 Å². The Kier molecular flexibility index (Phi) is 9.94. The molecule has 0 saturated carbocycles. The number of rotatable bonds is 10. The van der Waals surface area contributed by atoms with Crippen LogP contribution in [0.25, 0.3) is 21.7 Å². The highest BCUT2D eigenvalue weighted by molar-refractivity contribution is 5.94. The van der Waals surface area contributed by atoms with Gasteiger partial charge in [-0.05, 0) is 104 Å². The van der Waals surface area contributed by atoms with E-state index in [1.807, 2.05) is 17.0 Å². The Labute approximate surface area is 286 Å². The normalized spacial score (nSPS) is 16.7. The highest BCUT2D eigenvalue weighted by atomic mass is 16.2. The van der Waals surface area contributed by atoms with Crippen molar-refractivity contribution in [2.24, 2.45) is 0 Å². The summed E-state index contributed by atoms with van der Waals surface area (Å²) in [6, 6.07) is 30.6. The van der Waals surface area contributed by atoms with Crippen molar-refractivity contribution < 1.29 is 4.79 Å². The monoisotopic (exact) mass is 641 g/mol. The van der Waals surface area contributed by atoms with Gasteiger partial charge < -0.3 is 19.3 Å². The fraction of sp³-hybridized carbons (Fsp3) is 0.405. The minimum absolute atomic E-state index is 0.150. The summed E-state index contributed by atoms with van der Waals surface area (Å²) in [6.07, 6.45) is 3.08. The van der Waals surface area contributed by atoms with E-state index in [0.29, 0.717) is 0 Å². The topological polar surface area (TPSA) is 35.0 Å². The van der Waals surface area contributed by atoms with E-state index >= 15 is 0 Å². The fourth-order valence-electron chi connectivity index (χ4n) is 7.77. The summed E-state index contributed by atoms with van der Waals surface area (Å²) < 4.78 is 2.52. The van der Waals surface area contributed by atoms with E-state index < -0.39 is 0 Å². The summed E-state index contributed by atoms with van der Waals surface area (Å²) in [4.78, 5) is 23.0. The maximum atomic E-state index is 13.4. The Morgan fingerprint density at radius 1 is 0.667 bits per heavy atom. The number of fused-ring (bicyclic) bond motifs is 2. The van der Waals surface area contributed by atoms with Gasteiger partial charge in [-0.2, -0.15) is 0 Å². The minimum atomic E-state index is 0.150. The number of benzene rings is 4. The average Bonchev–Trinajstić information content (AvgIpc) is 3.36. The van der Waals surface area contributed by atoms with Gasteiger partial charge in [0.1, 0.15) is 0 Å². The zero-order valence-corrected chi connectivity index (χ0v) is 29.1. The van der Waals surface area contributed by atoms with E-state index in [2.05, 4.69) is 113 Å². The highest BCUT2D eigenvalue weighted by Gasteiger charge is 2.22. The molecule has 2 saturated heterocycles. The summed E-state index contributed by atoms with van der Waals surface area (Å²) in [5, 5.41) is 4.03. The lowest BCUT2D eigenvalue weighted by Gasteiger charge is -2.35. The molecule has 2 aliphatic rings. The van der Waals surface area contributed by atoms with Crippen LogP contribution in [-0.4, -0.2) is 103 Å². The standard InChI is InChI=1S/C42H51N5O/c1-32-33(2)47(20-7-19-44-24-22-43(3)23-25-44)41-17-14-35(31-40(32)41)30-34-12-15-38(16-13-34)42(48)46-28-26-45(27-29-46)21-18-37-10-6-9-36-8-4-5-11-39(36)37/h4-6,8-17,31H,7,18-30H2,1-3H3. The summed E-state index contributed by atoms with van der Waals surface area (Å²) in [7, 11) is 2.22. The fourth-order valence-corrected chi connectivity index (χ4v) is 7.77. The molecule has 0 N–H and O–H groups in total. The van der Waals surface area contributed by atoms with Gasteiger partial charge in [0.15, 0.2) is 0 Å². The summed E-state index contributed by atoms with van der Waals surface area (Å²) in [5.41, 5.74) is 8.88. The van der Waals surface area contributed by atoms with E-state index in [0.717, 1.165) is 57.7 Å². The van der Waals surface area contributed by atoms with Crippen LogP contribution in [0.5, 0.6) is 0 Å². The van der Waals surface area contributed by atoms with Gasteiger partial charge in [0.05, 0.1) is 0 Å². The molecule has 0 radical (unpaired) electrons. The summed E-state index contributed by atoms with van der Waals surface area (Å²) >= 11 is 0. The van der Waals surface area contributed by atoms with Gasteiger partial charge in [0.25, 0.3) is 5.91 Å². The van der Waals surface area contributed by atoms with Crippen LogP contribution in [-0.2, 0) is 19.4 Å². The van der Waals surface area contributed by atoms with Crippen molar-refractivity contribution in [1.29, 1.82) is 0 Å². The van der Waals surface area contributed by atoms with Crippen LogP contribution >= 0.6 is 0 Å². The van der Waals surface area contributed by atoms with E-state index in [1.165, 1.54) is 88.8 Å². The Balaban J connectivity index is 0.913. The van der Waals surface area contributed by atoms with Crippen molar-refractivity contribution in [2.45, 2.75) is 39.7 Å². The Morgan fingerprint density at radius 3 is 2.15 bits per heavy atom. The van der Waals surface area contributed by atoms with Crippen molar-refractivity contribution in [3.63, 3.8) is 0 Å². The Bertz CT molecular complexity index is 1850. The zero-order chi connectivity index (χ0) is 33.0. The van der Waals surface area contributed by atoms with Gasteiger partial charge in [0.2, 0.25) is 0 Å². The highest BCUT2D eigenvalue weighted by Crippen LogP contribution is 2.28. The zero-order valence-electron chi connectivity index (χ0n) is 29.1. The molecule has 6 heteroatoms. The predicted octanol–water partition coefficient (Wildman–Crippen LogP) is 6.64. The minimum Gasteiger partial charge on any atom is -0.345 e. The number of nitrogens with zero attached hydrogens (tertiary/aromatic N) is 5. The first-order chi connectivity index (χ1) is 23.4. The molecule has 1 aromatic heterocycles. The van der Waals surface area contributed by atoms with E-state index in [-0.39, 0.29) is 5.91 Å². The van der Waals surface area contributed by atoms with Crippen LogP contribution < -0.4 is 0 Å². The average molecular weight is 642 g/mol. The van der Waals surface area contributed by atoms with Crippen molar-refractivity contribution >= 4 is 27.6 Å². The number of hydrogen-bond acceptors (Lipinski definition) is 4. The van der Waals surface area contributed by atoms with Crippen LogP contribution in [0.1, 0.15) is 44.7 Å². The van der Waals surface area contributed by atoms with Gasteiger partial charge in [-0.25, -0.2) is 0 Å². The van der Waals surface area contributed by atoms with Gasteiger partial charge in [-0.1, -0.05) is 60.7 Å². The van der Waals surface area contributed by atoms with Gasteiger partial charge >= 0.3 is 0 Å². The molecule has 0 aliphatic carbocycles. The SMILES string of the molecule is Cc1c(C)n(CCCN2CCN(C)CC2)c2ccc(Cc3ccc(C(=O)N4CCN(CCc5cccc6ccccc56)CC4)cc3)cc12. The second-order valence-corrected chi connectivity index (χ2v) is 14.1. The number of piperazine rings is 2. The molecule has 1 amide bonds. The number of carbonyl (C=O) groups is 1. The maximum Gasteiger partial charge on any atom is 0.253 e. The van der Waals surface area contributed by atoms with E-state index in [4.69, 9.17) is 0 Å². The quantitative estimate of drug-likeness (QED) is 0.171.